The number of nitrogens with zero attached hydrogens (tertiary/aromatic N) is 1. The van der Waals surface area contributed by atoms with Crippen molar-refractivity contribution in [2.24, 2.45) is 0 Å². The van der Waals surface area contributed by atoms with Gasteiger partial charge in [0.05, 0.1) is 5.02 Å². The van der Waals surface area contributed by atoms with Crippen LogP contribution in [0.5, 0.6) is 5.75 Å². The fraction of sp³-hybridized carbons (Fsp3) is 0.600. The Balaban J connectivity index is 1.76. The molecule has 1 saturated carbocycles. The van der Waals surface area contributed by atoms with Gasteiger partial charge in [-0.05, 0) is 58.6 Å². The number of alkyl carbamates (subject to hydrolysis) is 1. The maximum absolute atomic E-state index is 13.4. The predicted octanol–water partition coefficient (Wildman–Crippen LogP) is 4.15. The van der Waals surface area contributed by atoms with E-state index in [1.807, 2.05) is 20.8 Å². The number of rotatable bonds is 5. The first-order valence-electron chi connectivity index (χ1n) is 9.38. The first-order valence-corrected chi connectivity index (χ1v) is 9.76. The fourth-order valence-electron chi connectivity index (χ4n) is 3.10. The topological polar surface area (TPSA) is 67.9 Å². The molecule has 1 N–H and O–H groups in total. The maximum atomic E-state index is 13.4. The van der Waals surface area contributed by atoms with Crippen LogP contribution < -0.4 is 10.1 Å². The number of halogens is 2. The van der Waals surface area contributed by atoms with Crippen LogP contribution in [0.25, 0.3) is 0 Å². The Morgan fingerprint density at radius 3 is 2.46 bits per heavy atom. The lowest BCUT2D eigenvalue weighted by atomic mass is 9.90. The molecule has 0 atom stereocenters. The van der Waals surface area contributed by atoms with Crippen LogP contribution in [0.4, 0.5) is 9.18 Å². The number of hydrogen-bond acceptors (Lipinski definition) is 4. The summed E-state index contributed by atoms with van der Waals surface area (Å²) in [4.78, 5) is 25.9. The van der Waals surface area contributed by atoms with E-state index in [9.17, 15) is 14.0 Å². The van der Waals surface area contributed by atoms with Crippen molar-refractivity contribution >= 4 is 23.6 Å². The summed E-state index contributed by atoms with van der Waals surface area (Å²) in [6.07, 6.45) is 2.68. The van der Waals surface area contributed by atoms with Crippen LogP contribution in [0.15, 0.2) is 18.2 Å². The normalized spacial score (nSPS) is 19.6. The molecule has 0 aliphatic heterocycles. The van der Waals surface area contributed by atoms with Gasteiger partial charge in [0.2, 0.25) is 0 Å². The van der Waals surface area contributed by atoms with Gasteiger partial charge < -0.3 is 19.7 Å². The van der Waals surface area contributed by atoms with Crippen molar-refractivity contribution in [3.63, 3.8) is 0 Å². The summed E-state index contributed by atoms with van der Waals surface area (Å²) in [5.41, 5.74) is -0.527. The molecule has 0 radical (unpaired) electrons. The van der Waals surface area contributed by atoms with Crippen molar-refractivity contribution in [2.45, 2.75) is 64.1 Å². The Labute approximate surface area is 170 Å². The number of carbonyl (C=O) groups excluding carboxylic acids is 2. The number of ether oxygens (including phenoxy) is 2. The summed E-state index contributed by atoms with van der Waals surface area (Å²) < 4.78 is 24.1. The van der Waals surface area contributed by atoms with Crippen molar-refractivity contribution in [3.8, 4) is 5.75 Å². The van der Waals surface area contributed by atoms with Crippen molar-refractivity contribution in [2.75, 3.05) is 13.7 Å². The van der Waals surface area contributed by atoms with E-state index >= 15 is 0 Å². The lowest BCUT2D eigenvalue weighted by Gasteiger charge is -2.35. The molecule has 1 fully saturated rings. The van der Waals surface area contributed by atoms with Gasteiger partial charge in [-0.15, -0.1) is 0 Å². The van der Waals surface area contributed by atoms with Gasteiger partial charge in [-0.25, -0.2) is 9.18 Å². The molecule has 0 aromatic heterocycles. The van der Waals surface area contributed by atoms with Crippen LogP contribution in [0.2, 0.25) is 5.02 Å². The van der Waals surface area contributed by atoms with Crippen molar-refractivity contribution < 1.29 is 23.5 Å². The van der Waals surface area contributed by atoms with Crippen LogP contribution in [0, 0.1) is 5.82 Å². The van der Waals surface area contributed by atoms with E-state index in [4.69, 9.17) is 21.1 Å². The number of amides is 2. The monoisotopic (exact) mass is 414 g/mol. The van der Waals surface area contributed by atoms with Crippen molar-refractivity contribution in [1.29, 1.82) is 0 Å². The third kappa shape index (κ3) is 6.86. The Morgan fingerprint density at radius 2 is 1.89 bits per heavy atom. The number of likely N-dealkylation sites (N-methyl/N-ethyl adjacent to an activating group) is 1. The molecule has 2 amide bonds. The molecule has 8 heteroatoms. The largest absolute Gasteiger partial charge is 0.484 e. The molecule has 2 rings (SSSR count). The first kappa shape index (κ1) is 22.3. The molecule has 0 spiro atoms. The van der Waals surface area contributed by atoms with Gasteiger partial charge in [-0.2, -0.15) is 0 Å². The Kier molecular flexibility index (Phi) is 7.52. The molecular formula is C20H28ClFN2O4. The van der Waals surface area contributed by atoms with Crippen LogP contribution >= 0.6 is 11.6 Å². The molecule has 0 bridgehead atoms. The van der Waals surface area contributed by atoms with Gasteiger partial charge >= 0.3 is 6.09 Å². The molecule has 28 heavy (non-hydrogen) atoms. The summed E-state index contributed by atoms with van der Waals surface area (Å²) in [5.74, 6) is -0.511. The van der Waals surface area contributed by atoms with Crippen LogP contribution in [0.3, 0.4) is 0 Å². The van der Waals surface area contributed by atoms with Gasteiger partial charge in [0, 0.05) is 25.2 Å². The third-order valence-corrected chi connectivity index (χ3v) is 4.92. The maximum Gasteiger partial charge on any atom is 0.407 e. The van der Waals surface area contributed by atoms with Gasteiger partial charge in [0.1, 0.15) is 17.2 Å². The van der Waals surface area contributed by atoms with E-state index in [2.05, 4.69) is 5.32 Å². The highest BCUT2D eigenvalue weighted by Gasteiger charge is 2.28. The molecule has 1 aliphatic carbocycles. The summed E-state index contributed by atoms with van der Waals surface area (Å²) >= 11 is 5.63. The van der Waals surface area contributed by atoms with Crippen LogP contribution in [-0.4, -0.2) is 48.2 Å². The van der Waals surface area contributed by atoms with Gasteiger partial charge in [0.15, 0.2) is 6.61 Å². The van der Waals surface area contributed by atoms with Crippen LogP contribution in [0.1, 0.15) is 46.5 Å². The Hall–Kier alpha value is -2.02. The number of hydrogen-bond donors (Lipinski definition) is 1. The molecule has 1 aromatic rings. The third-order valence-electron chi connectivity index (χ3n) is 4.61. The highest BCUT2D eigenvalue weighted by molar-refractivity contribution is 6.30. The zero-order chi connectivity index (χ0) is 20.9. The van der Waals surface area contributed by atoms with E-state index in [-0.39, 0.29) is 35.4 Å². The molecule has 0 saturated heterocycles. The van der Waals surface area contributed by atoms with Gasteiger partial charge in [-0.1, -0.05) is 11.6 Å². The second kappa shape index (κ2) is 9.45. The second-order valence-electron chi connectivity index (χ2n) is 8.02. The highest BCUT2D eigenvalue weighted by Crippen LogP contribution is 2.24. The summed E-state index contributed by atoms with van der Waals surface area (Å²) in [6, 6.07) is 4.19. The zero-order valence-electron chi connectivity index (χ0n) is 16.8. The van der Waals surface area contributed by atoms with E-state index < -0.39 is 17.5 Å². The first-order chi connectivity index (χ1) is 13.0. The second-order valence-corrected chi connectivity index (χ2v) is 8.43. The average Bonchev–Trinajstić information content (AvgIpc) is 2.61. The van der Waals surface area contributed by atoms with E-state index in [1.165, 1.54) is 12.1 Å². The van der Waals surface area contributed by atoms with Gasteiger partial charge in [0.25, 0.3) is 5.91 Å². The number of nitrogens with one attached hydrogen (secondary N) is 1. The average molecular weight is 415 g/mol. The lowest BCUT2D eigenvalue weighted by molar-refractivity contribution is -0.134. The molecule has 156 valence electrons. The predicted molar refractivity (Wildman–Crippen MR) is 105 cm³/mol. The van der Waals surface area contributed by atoms with Crippen LogP contribution in [-0.2, 0) is 9.53 Å². The molecule has 0 unspecified atom stereocenters. The Bertz CT molecular complexity index is 700. The number of benzene rings is 1. The fourth-order valence-corrected chi connectivity index (χ4v) is 3.22. The molecular weight excluding hydrogens is 387 g/mol. The van der Waals surface area contributed by atoms with Crippen molar-refractivity contribution in [1.82, 2.24) is 10.2 Å². The summed E-state index contributed by atoms with van der Waals surface area (Å²) in [7, 11) is 1.74. The Morgan fingerprint density at radius 1 is 1.25 bits per heavy atom. The minimum atomic E-state index is -0.587. The van der Waals surface area contributed by atoms with E-state index in [0.29, 0.717) is 0 Å². The van der Waals surface area contributed by atoms with Gasteiger partial charge in [-0.3, -0.25) is 4.79 Å². The van der Waals surface area contributed by atoms with Crippen molar-refractivity contribution in [3.05, 3.63) is 29.0 Å². The minimum absolute atomic E-state index is 0.00699. The molecule has 0 heterocycles. The molecule has 1 aromatic carbocycles. The summed E-state index contributed by atoms with van der Waals surface area (Å²) in [6.45, 7) is 5.30. The SMILES string of the molecule is CN(C(=O)COc1ccc(Cl)c(F)c1)[C@H]1CC[C@H](NC(=O)OC(C)(C)C)CC1. The number of carbonyl (C=O) groups is 2. The van der Waals surface area contributed by atoms with E-state index in [1.54, 1.807) is 11.9 Å². The summed E-state index contributed by atoms with van der Waals surface area (Å²) in [5, 5.41) is 2.89. The lowest BCUT2D eigenvalue weighted by Crippen LogP contribution is -2.46. The molecule has 1 aliphatic rings. The molecule has 6 nitrogen and oxygen atoms in total. The standard InChI is InChI=1S/C20H28ClFN2O4/c1-20(2,3)28-19(26)23-13-5-7-14(8-6-13)24(4)18(25)12-27-15-9-10-16(21)17(22)11-15/h9-11,13-14H,5-8,12H2,1-4H3,(H,23,26)/t13-,14-. The quantitative estimate of drug-likeness (QED) is 0.785. The minimum Gasteiger partial charge on any atom is -0.484 e. The van der Waals surface area contributed by atoms with E-state index in [0.717, 1.165) is 31.7 Å². The highest BCUT2D eigenvalue weighted by atomic mass is 35.5. The smallest absolute Gasteiger partial charge is 0.407 e. The zero-order valence-corrected chi connectivity index (χ0v) is 17.5.